The molecule has 0 bridgehead atoms. The maximum atomic E-state index is 11.9. The topological polar surface area (TPSA) is 71.8 Å². The lowest BCUT2D eigenvalue weighted by molar-refractivity contribution is 0.828. The second-order valence-corrected chi connectivity index (χ2v) is 3.69. The van der Waals surface area contributed by atoms with Crippen LogP contribution >= 0.6 is 0 Å². The Balaban J connectivity index is 2.48. The number of hydrogen-bond donors (Lipinski definition) is 2. The molecule has 2 rings (SSSR count). The number of benzene rings is 1. The van der Waals surface area contributed by atoms with E-state index in [1.807, 2.05) is 31.2 Å². The van der Waals surface area contributed by atoms with Crippen LogP contribution in [0.5, 0.6) is 0 Å². The quantitative estimate of drug-likeness (QED) is 0.777. The summed E-state index contributed by atoms with van der Waals surface area (Å²) >= 11 is 0. The summed E-state index contributed by atoms with van der Waals surface area (Å²) in [5.41, 5.74) is 6.88. The number of aromatic nitrogens is 3. The molecule has 0 atom stereocenters. The average Bonchev–Trinajstić information content (AvgIpc) is 2.39. The normalized spacial score (nSPS) is 10.3. The van der Waals surface area contributed by atoms with E-state index in [9.17, 15) is 4.79 Å². The fraction of sp³-hybridized carbons (Fsp3) is 0.250. The Morgan fingerprint density at radius 3 is 2.78 bits per heavy atom. The molecule has 2 aromatic rings. The number of rotatable bonds is 4. The molecule has 0 unspecified atom stereocenters. The lowest BCUT2D eigenvalue weighted by Gasteiger charge is -2.09. The van der Waals surface area contributed by atoms with Gasteiger partial charge in [0.15, 0.2) is 0 Å². The van der Waals surface area contributed by atoms with Gasteiger partial charge in [-0.1, -0.05) is 25.1 Å². The van der Waals surface area contributed by atoms with Gasteiger partial charge in [-0.05, 0) is 18.1 Å². The molecule has 1 aromatic heterocycles. The predicted molar refractivity (Wildman–Crippen MR) is 69.7 cm³/mol. The van der Waals surface area contributed by atoms with Gasteiger partial charge >= 0.3 is 5.69 Å². The highest BCUT2D eigenvalue weighted by atomic mass is 16.1. The van der Waals surface area contributed by atoms with Gasteiger partial charge in [0.2, 0.25) is 5.95 Å². The summed E-state index contributed by atoms with van der Waals surface area (Å²) < 4.78 is 1.44. The van der Waals surface area contributed by atoms with Gasteiger partial charge in [0.25, 0.3) is 0 Å². The summed E-state index contributed by atoms with van der Waals surface area (Å²) in [6, 6.07) is 7.71. The van der Waals surface area contributed by atoms with E-state index in [1.165, 1.54) is 10.9 Å². The van der Waals surface area contributed by atoms with E-state index in [0.29, 0.717) is 0 Å². The number of hydrazine groups is 1. The van der Waals surface area contributed by atoms with Crippen LogP contribution in [0.25, 0.3) is 5.69 Å². The second-order valence-electron chi connectivity index (χ2n) is 3.69. The van der Waals surface area contributed by atoms with E-state index in [1.54, 1.807) is 7.05 Å². The van der Waals surface area contributed by atoms with Crippen molar-refractivity contribution in [3.05, 3.63) is 46.6 Å². The first kappa shape index (κ1) is 12.3. The van der Waals surface area contributed by atoms with Crippen molar-refractivity contribution >= 4 is 5.95 Å². The predicted octanol–water partition coefficient (Wildman–Crippen LogP) is 0.736. The molecule has 0 aliphatic carbocycles. The van der Waals surface area contributed by atoms with Gasteiger partial charge in [0, 0.05) is 7.05 Å². The lowest BCUT2D eigenvalue weighted by Crippen LogP contribution is -2.27. The Labute approximate surface area is 105 Å². The maximum absolute atomic E-state index is 11.9. The molecule has 1 heterocycles. The molecular weight excluding hydrogens is 230 g/mol. The van der Waals surface area contributed by atoms with Gasteiger partial charge in [-0.3, -0.25) is 9.99 Å². The van der Waals surface area contributed by atoms with Gasteiger partial charge in [0.1, 0.15) is 6.33 Å². The molecular formula is C12H15N5O. The summed E-state index contributed by atoms with van der Waals surface area (Å²) in [5.74, 6) is 0.257. The smallest absolute Gasteiger partial charge is 0.290 e. The largest absolute Gasteiger partial charge is 0.356 e. The van der Waals surface area contributed by atoms with Crippen LogP contribution in [0.3, 0.4) is 0 Å². The zero-order valence-corrected chi connectivity index (χ0v) is 10.3. The van der Waals surface area contributed by atoms with E-state index < -0.39 is 0 Å². The molecule has 0 aliphatic rings. The van der Waals surface area contributed by atoms with Crippen molar-refractivity contribution in [2.45, 2.75) is 13.3 Å². The molecule has 1 aromatic carbocycles. The molecule has 0 radical (unpaired) electrons. The van der Waals surface area contributed by atoms with Crippen LogP contribution in [-0.4, -0.2) is 21.6 Å². The molecule has 6 heteroatoms. The molecule has 0 spiro atoms. The fourth-order valence-electron chi connectivity index (χ4n) is 1.72. The molecule has 0 aliphatic heterocycles. The van der Waals surface area contributed by atoms with Gasteiger partial charge in [0.05, 0.1) is 5.69 Å². The fourth-order valence-corrected chi connectivity index (χ4v) is 1.72. The van der Waals surface area contributed by atoms with Gasteiger partial charge in [-0.15, -0.1) is 0 Å². The van der Waals surface area contributed by atoms with E-state index in [0.717, 1.165) is 17.7 Å². The van der Waals surface area contributed by atoms with Crippen LogP contribution < -0.4 is 16.5 Å². The molecule has 0 saturated heterocycles. The highest BCUT2D eigenvalue weighted by molar-refractivity contribution is 5.40. The molecule has 94 valence electrons. The summed E-state index contributed by atoms with van der Waals surface area (Å²) in [4.78, 5) is 19.8. The van der Waals surface area contributed by atoms with Crippen molar-refractivity contribution < 1.29 is 0 Å². The monoisotopic (exact) mass is 245 g/mol. The minimum atomic E-state index is -0.358. The Hall–Kier alpha value is -2.21. The minimum Gasteiger partial charge on any atom is -0.290 e. The number of hydrogen-bond acceptors (Lipinski definition) is 5. The molecule has 0 saturated carbocycles. The third-order valence-electron chi connectivity index (χ3n) is 2.57. The average molecular weight is 245 g/mol. The van der Waals surface area contributed by atoms with Gasteiger partial charge in [-0.2, -0.15) is 4.98 Å². The number of nitrogens with zero attached hydrogens (tertiary/aromatic N) is 3. The van der Waals surface area contributed by atoms with Crippen LogP contribution in [-0.2, 0) is 6.42 Å². The SMILES string of the molecule is CCc1ccccc1-n1cnc(NNC)nc1=O. The maximum Gasteiger partial charge on any atom is 0.356 e. The number of aryl methyl sites for hydroxylation is 1. The van der Waals surface area contributed by atoms with Crippen LogP contribution in [0, 0.1) is 0 Å². The highest BCUT2D eigenvalue weighted by Gasteiger charge is 2.06. The molecule has 0 fully saturated rings. The van der Waals surface area contributed by atoms with E-state index in [4.69, 9.17) is 0 Å². The van der Waals surface area contributed by atoms with Crippen molar-refractivity contribution in [3.8, 4) is 5.69 Å². The van der Waals surface area contributed by atoms with Gasteiger partial charge < -0.3 is 0 Å². The zero-order valence-electron chi connectivity index (χ0n) is 10.3. The lowest BCUT2D eigenvalue weighted by atomic mass is 10.1. The number of nitrogens with one attached hydrogen (secondary N) is 2. The molecule has 6 nitrogen and oxygen atoms in total. The standard InChI is InChI=1S/C12H15N5O/c1-3-9-6-4-5-7-10(9)17-8-14-11(16-13-2)15-12(17)18/h4-8,13H,3H2,1-2H3,(H,15,16,18). The van der Waals surface area contributed by atoms with Crippen molar-refractivity contribution in [2.24, 2.45) is 0 Å². The summed E-state index contributed by atoms with van der Waals surface area (Å²) in [6.45, 7) is 2.04. The van der Waals surface area contributed by atoms with Crippen LogP contribution in [0.2, 0.25) is 0 Å². The summed E-state index contributed by atoms with van der Waals surface area (Å²) in [6.07, 6.45) is 2.32. The number of anilines is 1. The van der Waals surface area contributed by atoms with Crippen LogP contribution in [0.4, 0.5) is 5.95 Å². The number of para-hydroxylation sites is 1. The van der Waals surface area contributed by atoms with E-state index in [2.05, 4.69) is 20.8 Å². The zero-order chi connectivity index (χ0) is 13.0. The third kappa shape index (κ3) is 2.38. The Kier molecular flexibility index (Phi) is 3.69. The molecule has 18 heavy (non-hydrogen) atoms. The second kappa shape index (κ2) is 5.42. The van der Waals surface area contributed by atoms with Gasteiger partial charge in [-0.25, -0.2) is 15.2 Å². The van der Waals surface area contributed by atoms with E-state index >= 15 is 0 Å². The first-order valence-corrected chi connectivity index (χ1v) is 5.73. The summed E-state index contributed by atoms with van der Waals surface area (Å²) in [5, 5.41) is 0. The first-order valence-electron chi connectivity index (χ1n) is 5.73. The minimum absolute atomic E-state index is 0.257. The summed E-state index contributed by atoms with van der Waals surface area (Å²) in [7, 11) is 1.68. The molecule has 0 amide bonds. The molecule has 2 N–H and O–H groups in total. The Morgan fingerprint density at radius 1 is 1.33 bits per heavy atom. The van der Waals surface area contributed by atoms with Crippen LogP contribution in [0.15, 0.2) is 35.4 Å². The third-order valence-corrected chi connectivity index (χ3v) is 2.57. The van der Waals surface area contributed by atoms with Crippen molar-refractivity contribution in [1.29, 1.82) is 0 Å². The van der Waals surface area contributed by atoms with Crippen molar-refractivity contribution in [2.75, 3.05) is 12.5 Å². The first-order chi connectivity index (χ1) is 8.76. The van der Waals surface area contributed by atoms with E-state index in [-0.39, 0.29) is 11.6 Å². The van der Waals surface area contributed by atoms with Crippen molar-refractivity contribution in [1.82, 2.24) is 20.0 Å². The Bertz CT molecular complexity index is 593. The van der Waals surface area contributed by atoms with Crippen LogP contribution in [0.1, 0.15) is 12.5 Å². The highest BCUT2D eigenvalue weighted by Crippen LogP contribution is 2.12. The van der Waals surface area contributed by atoms with Crippen molar-refractivity contribution in [3.63, 3.8) is 0 Å². The Morgan fingerprint density at radius 2 is 2.11 bits per heavy atom.